The molecule has 9 heteroatoms. The summed E-state index contributed by atoms with van der Waals surface area (Å²) < 4.78 is 42.2. The second kappa shape index (κ2) is 9.00. The standard InChI is InChI=1S/C17H17BrF3N3O2/c1-24(10-16(25)23-15-6-5-13(18)8-22-15)9-12-3-2-4-14(7-12)26-11-17(19,20)21/h2-8H,9-11H2,1H3,(H,22,23,25). The van der Waals surface area contributed by atoms with Gasteiger partial charge in [-0.1, -0.05) is 12.1 Å². The summed E-state index contributed by atoms with van der Waals surface area (Å²) >= 11 is 3.26. The summed E-state index contributed by atoms with van der Waals surface area (Å²) in [6.07, 6.45) is -2.81. The third kappa shape index (κ3) is 7.40. The highest BCUT2D eigenvalue weighted by Crippen LogP contribution is 2.20. The lowest BCUT2D eigenvalue weighted by atomic mass is 10.2. The zero-order valence-electron chi connectivity index (χ0n) is 13.9. The Hall–Kier alpha value is -2.13. The van der Waals surface area contributed by atoms with Gasteiger partial charge in [0.1, 0.15) is 11.6 Å². The number of alkyl halides is 3. The van der Waals surface area contributed by atoms with Gasteiger partial charge < -0.3 is 10.1 Å². The number of benzene rings is 1. The molecular formula is C17H17BrF3N3O2. The molecule has 0 atom stereocenters. The topological polar surface area (TPSA) is 54.5 Å². The molecule has 0 aliphatic rings. The number of hydrogen-bond donors (Lipinski definition) is 1. The van der Waals surface area contributed by atoms with Crippen molar-refractivity contribution in [2.75, 3.05) is 25.5 Å². The molecule has 1 amide bonds. The van der Waals surface area contributed by atoms with Crippen LogP contribution in [0.2, 0.25) is 0 Å². The molecule has 5 nitrogen and oxygen atoms in total. The van der Waals surface area contributed by atoms with Gasteiger partial charge >= 0.3 is 6.18 Å². The quantitative estimate of drug-likeness (QED) is 0.723. The van der Waals surface area contributed by atoms with Gasteiger partial charge in [0.05, 0.1) is 6.54 Å². The molecule has 0 aliphatic carbocycles. The van der Waals surface area contributed by atoms with E-state index in [1.54, 1.807) is 42.4 Å². The first-order valence-corrected chi connectivity index (χ1v) is 8.39. The van der Waals surface area contributed by atoms with E-state index in [2.05, 4.69) is 26.2 Å². The fourth-order valence-electron chi connectivity index (χ4n) is 2.14. The van der Waals surface area contributed by atoms with Crippen LogP contribution in [0.1, 0.15) is 5.56 Å². The van der Waals surface area contributed by atoms with Gasteiger partial charge in [0, 0.05) is 17.2 Å². The van der Waals surface area contributed by atoms with E-state index in [9.17, 15) is 18.0 Å². The lowest BCUT2D eigenvalue weighted by Crippen LogP contribution is -2.30. The van der Waals surface area contributed by atoms with E-state index in [0.717, 1.165) is 10.0 Å². The van der Waals surface area contributed by atoms with Gasteiger partial charge in [0.25, 0.3) is 0 Å². The molecule has 2 rings (SSSR count). The normalized spacial score (nSPS) is 11.5. The first-order chi connectivity index (χ1) is 12.2. The maximum absolute atomic E-state index is 12.2. The van der Waals surface area contributed by atoms with Crippen LogP contribution in [0.4, 0.5) is 19.0 Å². The predicted octanol–water partition coefficient (Wildman–Crippen LogP) is 3.86. The van der Waals surface area contributed by atoms with Crippen LogP contribution in [0.3, 0.4) is 0 Å². The van der Waals surface area contributed by atoms with Crippen LogP contribution < -0.4 is 10.1 Å². The average molecular weight is 432 g/mol. The van der Waals surface area contributed by atoms with Crippen LogP contribution in [-0.2, 0) is 11.3 Å². The molecule has 1 heterocycles. The Morgan fingerprint density at radius 3 is 2.73 bits per heavy atom. The zero-order chi connectivity index (χ0) is 19.2. The first kappa shape index (κ1) is 20.2. The lowest BCUT2D eigenvalue weighted by Gasteiger charge is -2.17. The maximum Gasteiger partial charge on any atom is 0.422 e. The van der Waals surface area contributed by atoms with Crippen molar-refractivity contribution in [2.45, 2.75) is 12.7 Å². The van der Waals surface area contributed by atoms with E-state index < -0.39 is 12.8 Å². The van der Waals surface area contributed by atoms with Crippen LogP contribution in [-0.4, -0.2) is 42.2 Å². The number of ether oxygens (including phenoxy) is 1. The zero-order valence-corrected chi connectivity index (χ0v) is 15.5. The number of carbonyl (C=O) groups excluding carboxylic acids is 1. The Balaban J connectivity index is 1.85. The first-order valence-electron chi connectivity index (χ1n) is 7.60. The number of halogens is 4. The van der Waals surface area contributed by atoms with E-state index in [-0.39, 0.29) is 18.2 Å². The molecule has 0 spiro atoms. The fourth-order valence-corrected chi connectivity index (χ4v) is 2.38. The highest BCUT2D eigenvalue weighted by molar-refractivity contribution is 9.10. The Morgan fingerprint density at radius 2 is 2.08 bits per heavy atom. The van der Waals surface area contributed by atoms with Gasteiger partial charge in [-0.05, 0) is 52.8 Å². The molecule has 1 aromatic heterocycles. The van der Waals surface area contributed by atoms with Crippen molar-refractivity contribution in [3.8, 4) is 5.75 Å². The Kier molecular flexibility index (Phi) is 6.98. The summed E-state index contributed by atoms with van der Waals surface area (Å²) in [7, 11) is 1.73. The van der Waals surface area contributed by atoms with Crippen molar-refractivity contribution >= 4 is 27.7 Å². The summed E-state index contributed by atoms with van der Waals surface area (Å²) in [5.41, 5.74) is 0.738. The molecule has 26 heavy (non-hydrogen) atoms. The summed E-state index contributed by atoms with van der Waals surface area (Å²) in [5, 5.41) is 2.67. The molecule has 0 saturated heterocycles. The number of nitrogens with one attached hydrogen (secondary N) is 1. The van der Waals surface area contributed by atoms with Crippen LogP contribution in [0.5, 0.6) is 5.75 Å². The van der Waals surface area contributed by atoms with Gasteiger partial charge in [-0.2, -0.15) is 13.2 Å². The van der Waals surface area contributed by atoms with E-state index in [4.69, 9.17) is 4.74 Å². The number of anilines is 1. The molecular weight excluding hydrogens is 415 g/mol. The minimum atomic E-state index is -4.38. The smallest absolute Gasteiger partial charge is 0.422 e. The van der Waals surface area contributed by atoms with Gasteiger partial charge in [0.2, 0.25) is 5.91 Å². The minimum Gasteiger partial charge on any atom is -0.484 e. The van der Waals surface area contributed by atoms with E-state index in [1.807, 2.05) is 0 Å². The number of amides is 1. The molecule has 1 aromatic carbocycles. The summed E-state index contributed by atoms with van der Waals surface area (Å²) in [4.78, 5) is 17.8. The Labute approximate surface area is 157 Å². The molecule has 0 radical (unpaired) electrons. The van der Waals surface area contributed by atoms with Crippen LogP contribution in [0, 0.1) is 0 Å². The number of carbonyl (C=O) groups is 1. The Bertz CT molecular complexity index is 739. The number of likely N-dealkylation sites (N-methyl/N-ethyl adjacent to an activating group) is 1. The van der Waals surface area contributed by atoms with E-state index in [1.165, 1.54) is 12.1 Å². The molecule has 1 N–H and O–H groups in total. The van der Waals surface area contributed by atoms with Crippen LogP contribution in [0.25, 0.3) is 0 Å². The number of hydrogen-bond acceptors (Lipinski definition) is 4. The van der Waals surface area contributed by atoms with Crippen LogP contribution in [0.15, 0.2) is 47.1 Å². The number of rotatable bonds is 7. The van der Waals surface area contributed by atoms with Crippen molar-refractivity contribution in [2.24, 2.45) is 0 Å². The highest BCUT2D eigenvalue weighted by atomic mass is 79.9. The molecule has 0 saturated carbocycles. The van der Waals surface area contributed by atoms with Crippen molar-refractivity contribution in [1.29, 1.82) is 0 Å². The second-order valence-corrected chi connectivity index (χ2v) is 6.55. The lowest BCUT2D eigenvalue weighted by molar-refractivity contribution is -0.153. The molecule has 0 fully saturated rings. The average Bonchev–Trinajstić information content (AvgIpc) is 2.54. The molecule has 140 valence electrons. The molecule has 0 unspecified atom stereocenters. The van der Waals surface area contributed by atoms with Gasteiger partial charge in [-0.25, -0.2) is 4.98 Å². The molecule has 0 bridgehead atoms. The number of aromatic nitrogens is 1. The molecule has 0 aliphatic heterocycles. The van der Waals surface area contributed by atoms with Gasteiger partial charge in [-0.3, -0.25) is 9.69 Å². The third-order valence-corrected chi connectivity index (χ3v) is 3.63. The van der Waals surface area contributed by atoms with Crippen molar-refractivity contribution in [1.82, 2.24) is 9.88 Å². The second-order valence-electron chi connectivity index (χ2n) is 5.63. The van der Waals surface area contributed by atoms with Crippen molar-refractivity contribution < 1.29 is 22.7 Å². The van der Waals surface area contributed by atoms with E-state index >= 15 is 0 Å². The number of nitrogens with zero attached hydrogens (tertiary/aromatic N) is 2. The van der Waals surface area contributed by atoms with Crippen LogP contribution >= 0.6 is 15.9 Å². The SMILES string of the molecule is CN(CC(=O)Nc1ccc(Br)cn1)Cc1cccc(OCC(F)(F)F)c1. The largest absolute Gasteiger partial charge is 0.484 e. The molecule has 2 aromatic rings. The number of pyridine rings is 1. The highest BCUT2D eigenvalue weighted by Gasteiger charge is 2.28. The summed E-state index contributed by atoms with van der Waals surface area (Å²) in [6, 6.07) is 9.78. The summed E-state index contributed by atoms with van der Waals surface area (Å²) in [5.74, 6) is 0.331. The van der Waals surface area contributed by atoms with Gasteiger partial charge in [-0.15, -0.1) is 0 Å². The van der Waals surface area contributed by atoms with E-state index in [0.29, 0.717) is 12.4 Å². The van der Waals surface area contributed by atoms with Gasteiger partial charge in [0.15, 0.2) is 6.61 Å². The minimum absolute atomic E-state index is 0.103. The summed E-state index contributed by atoms with van der Waals surface area (Å²) in [6.45, 7) is -0.856. The maximum atomic E-state index is 12.2. The monoisotopic (exact) mass is 431 g/mol. The fraction of sp³-hybridized carbons (Fsp3) is 0.294. The van der Waals surface area contributed by atoms with Crippen molar-refractivity contribution in [3.63, 3.8) is 0 Å². The third-order valence-electron chi connectivity index (χ3n) is 3.16. The predicted molar refractivity (Wildman–Crippen MR) is 94.9 cm³/mol. The Morgan fingerprint density at radius 1 is 1.31 bits per heavy atom. The van der Waals surface area contributed by atoms with Crippen molar-refractivity contribution in [3.05, 3.63) is 52.6 Å².